The molecule has 0 saturated carbocycles. The van der Waals surface area contributed by atoms with E-state index >= 15 is 0 Å². The van der Waals surface area contributed by atoms with Crippen LogP contribution in [0, 0.1) is 5.92 Å². The van der Waals surface area contributed by atoms with Crippen molar-refractivity contribution >= 4 is 28.9 Å². The number of carbonyl (C=O) groups is 1. The molecule has 0 saturated heterocycles. The summed E-state index contributed by atoms with van der Waals surface area (Å²) in [6.07, 6.45) is 0. The molecule has 1 amide bonds. The van der Waals surface area contributed by atoms with E-state index in [0.717, 1.165) is 11.4 Å². The zero-order valence-corrected chi connectivity index (χ0v) is 14.1. The number of nitrogens with one attached hydrogen (secondary N) is 2. The van der Waals surface area contributed by atoms with Gasteiger partial charge in [-0.15, -0.1) is 0 Å². The molecular weight excluding hydrogens is 312 g/mol. The molecule has 0 aliphatic rings. The van der Waals surface area contributed by atoms with E-state index in [1.54, 1.807) is 24.3 Å². The number of benzene rings is 2. The first kappa shape index (κ1) is 17.2. The maximum atomic E-state index is 11.9. The molecule has 0 bridgehead atoms. The van der Waals surface area contributed by atoms with Crippen LogP contribution in [0.1, 0.15) is 13.8 Å². The number of ether oxygens (including phenoxy) is 1. The summed E-state index contributed by atoms with van der Waals surface area (Å²) in [5, 5.41) is 6.45. The van der Waals surface area contributed by atoms with Crippen LogP contribution >= 0.6 is 11.6 Å². The van der Waals surface area contributed by atoms with Gasteiger partial charge in [-0.1, -0.05) is 31.5 Å². The molecule has 5 heteroatoms. The lowest BCUT2D eigenvalue weighted by atomic mass is 10.2. The van der Waals surface area contributed by atoms with E-state index in [0.29, 0.717) is 23.2 Å². The minimum atomic E-state index is -0.132. The van der Waals surface area contributed by atoms with Gasteiger partial charge in [0, 0.05) is 16.4 Å². The molecule has 0 fully saturated rings. The van der Waals surface area contributed by atoms with Crippen LogP contribution in [-0.2, 0) is 4.79 Å². The molecule has 2 aromatic carbocycles. The number of amides is 1. The Morgan fingerprint density at radius 1 is 1.13 bits per heavy atom. The number of carbonyl (C=O) groups excluding carboxylic acids is 1. The van der Waals surface area contributed by atoms with Gasteiger partial charge in [-0.05, 0) is 48.4 Å². The zero-order chi connectivity index (χ0) is 16.7. The molecule has 2 rings (SSSR count). The van der Waals surface area contributed by atoms with Crippen molar-refractivity contribution in [2.75, 3.05) is 23.8 Å². The topological polar surface area (TPSA) is 50.4 Å². The Bertz CT molecular complexity index is 642. The zero-order valence-electron chi connectivity index (χ0n) is 13.3. The van der Waals surface area contributed by atoms with E-state index in [1.807, 2.05) is 24.3 Å². The van der Waals surface area contributed by atoms with Crippen LogP contribution in [0.4, 0.5) is 11.4 Å². The first-order valence-corrected chi connectivity index (χ1v) is 7.93. The molecule has 4 nitrogen and oxygen atoms in total. The van der Waals surface area contributed by atoms with E-state index in [2.05, 4.69) is 24.5 Å². The molecule has 0 atom stereocenters. The van der Waals surface area contributed by atoms with Crippen molar-refractivity contribution in [3.8, 4) is 5.75 Å². The first-order chi connectivity index (χ1) is 11.0. The summed E-state index contributed by atoms with van der Waals surface area (Å²) in [5.41, 5.74) is 1.55. The van der Waals surface area contributed by atoms with Gasteiger partial charge in [0.05, 0.1) is 13.2 Å². The van der Waals surface area contributed by atoms with Gasteiger partial charge in [0.2, 0.25) is 5.91 Å². The fourth-order valence-corrected chi connectivity index (χ4v) is 2.08. The fraction of sp³-hybridized carbons (Fsp3) is 0.278. The Labute approximate surface area is 141 Å². The van der Waals surface area contributed by atoms with Crippen molar-refractivity contribution in [1.29, 1.82) is 0 Å². The average Bonchev–Trinajstić information content (AvgIpc) is 2.52. The monoisotopic (exact) mass is 332 g/mol. The van der Waals surface area contributed by atoms with Crippen LogP contribution < -0.4 is 15.4 Å². The Hall–Kier alpha value is -2.20. The highest BCUT2D eigenvalue weighted by molar-refractivity contribution is 6.30. The smallest absolute Gasteiger partial charge is 0.243 e. The number of rotatable bonds is 7. The SMILES string of the molecule is CC(C)COc1ccc(NCC(=O)Nc2cccc(Cl)c2)cc1. The van der Waals surface area contributed by atoms with Gasteiger partial charge in [-0.2, -0.15) is 0 Å². The van der Waals surface area contributed by atoms with E-state index in [9.17, 15) is 4.79 Å². The number of hydrogen-bond donors (Lipinski definition) is 2. The van der Waals surface area contributed by atoms with Gasteiger partial charge in [-0.25, -0.2) is 0 Å². The highest BCUT2D eigenvalue weighted by Gasteiger charge is 2.03. The maximum Gasteiger partial charge on any atom is 0.243 e. The third-order valence-electron chi connectivity index (χ3n) is 3.00. The summed E-state index contributed by atoms with van der Waals surface area (Å²) in [4.78, 5) is 11.9. The Kier molecular flexibility index (Phi) is 6.29. The Morgan fingerprint density at radius 2 is 1.87 bits per heavy atom. The summed E-state index contributed by atoms with van der Waals surface area (Å²) in [6, 6.07) is 14.6. The summed E-state index contributed by atoms with van der Waals surface area (Å²) < 4.78 is 5.62. The molecule has 2 N–H and O–H groups in total. The van der Waals surface area contributed by atoms with Crippen molar-refractivity contribution in [3.63, 3.8) is 0 Å². The van der Waals surface area contributed by atoms with E-state index < -0.39 is 0 Å². The fourth-order valence-electron chi connectivity index (χ4n) is 1.89. The largest absolute Gasteiger partial charge is 0.493 e. The molecule has 0 aliphatic heterocycles. The summed E-state index contributed by atoms with van der Waals surface area (Å²) in [7, 11) is 0. The number of anilines is 2. The molecule has 0 spiro atoms. The number of halogens is 1. The predicted molar refractivity (Wildman–Crippen MR) is 95.3 cm³/mol. The molecule has 0 heterocycles. The normalized spacial score (nSPS) is 10.4. The van der Waals surface area contributed by atoms with Gasteiger partial charge in [0.15, 0.2) is 0 Å². The molecule has 0 aliphatic carbocycles. The second-order valence-electron chi connectivity index (χ2n) is 5.64. The van der Waals surface area contributed by atoms with Crippen LogP contribution in [-0.4, -0.2) is 19.1 Å². The lowest BCUT2D eigenvalue weighted by molar-refractivity contribution is -0.114. The minimum absolute atomic E-state index is 0.132. The summed E-state index contributed by atoms with van der Waals surface area (Å²) in [6.45, 7) is 5.08. The highest BCUT2D eigenvalue weighted by Crippen LogP contribution is 2.17. The highest BCUT2D eigenvalue weighted by atomic mass is 35.5. The summed E-state index contributed by atoms with van der Waals surface area (Å²) in [5.74, 6) is 1.18. The summed E-state index contributed by atoms with van der Waals surface area (Å²) >= 11 is 5.88. The molecule has 0 radical (unpaired) electrons. The third kappa shape index (κ3) is 6.20. The lowest BCUT2D eigenvalue weighted by Gasteiger charge is -2.10. The van der Waals surface area contributed by atoms with Gasteiger partial charge in [0.1, 0.15) is 5.75 Å². The van der Waals surface area contributed by atoms with Gasteiger partial charge in [-0.3, -0.25) is 4.79 Å². The Morgan fingerprint density at radius 3 is 2.52 bits per heavy atom. The number of hydrogen-bond acceptors (Lipinski definition) is 3. The Balaban J connectivity index is 1.80. The predicted octanol–water partition coefficient (Wildman–Crippen LogP) is 4.43. The van der Waals surface area contributed by atoms with Crippen LogP contribution in [0.15, 0.2) is 48.5 Å². The standard InChI is InChI=1S/C18H21ClN2O2/c1-13(2)12-23-17-8-6-15(7-9-17)20-11-18(22)21-16-5-3-4-14(19)10-16/h3-10,13,20H,11-12H2,1-2H3,(H,21,22). The van der Waals surface area contributed by atoms with Gasteiger partial charge in [0.25, 0.3) is 0 Å². The maximum absolute atomic E-state index is 11.9. The molecule has 23 heavy (non-hydrogen) atoms. The first-order valence-electron chi connectivity index (χ1n) is 7.55. The van der Waals surface area contributed by atoms with Crippen LogP contribution in [0.5, 0.6) is 5.75 Å². The van der Waals surface area contributed by atoms with Gasteiger partial charge >= 0.3 is 0 Å². The average molecular weight is 333 g/mol. The van der Waals surface area contributed by atoms with Gasteiger partial charge < -0.3 is 15.4 Å². The molecule has 0 aromatic heterocycles. The van der Waals surface area contributed by atoms with E-state index in [1.165, 1.54) is 0 Å². The second kappa shape index (κ2) is 8.44. The second-order valence-corrected chi connectivity index (χ2v) is 6.08. The van der Waals surface area contributed by atoms with Crippen LogP contribution in [0.25, 0.3) is 0 Å². The van der Waals surface area contributed by atoms with E-state index in [-0.39, 0.29) is 12.5 Å². The van der Waals surface area contributed by atoms with E-state index in [4.69, 9.17) is 16.3 Å². The molecule has 2 aromatic rings. The molecule has 122 valence electrons. The molecule has 0 unspecified atom stereocenters. The quantitative estimate of drug-likeness (QED) is 0.788. The molecular formula is C18H21ClN2O2. The van der Waals surface area contributed by atoms with Crippen molar-refractivity contribution in [3.05, 3.63) is 53.6 Å². The van der Waals surface area contributed by atoms with Crippen molar-refractivity contribution < 1.29 is 9.53 Å². The lowest BCUT2D eigenvalue weighted by Crippen LogP contribution is -2.21. The minimum Gasteiger partial charge on any atom is -0.493 e. The van der Waals surface area contributed by atoms with Crippen LogP contribution in [0.2, 0.25) is 5.02 Å². The van der Waals surface area contributed by atoms with Crippen molar-refractivity contribution in [2.45, 2.75) is 13.8 Å². The van der Waals surface area contributed by atoms with Crippen LogP contribution in [0.3, 0.4) is 0 Å². The van der Waals surface area contributed by atoms with Crippen molar-refractivity contribution in [1.82, 2.24) is 0 Å². The third-order valence-corrected chi connectivity index (χ3v) is 3.23. The van der Waals surface area contributed by atoms with Crippen molar-refractivity contribution in [2.24, 2.45) is 5.92 Å².